The number of ether oxygens (including phenoxy) is 3. The first-order valence-corrected chi connectivity index (χ1v) is 17.0. The fraction of sp³-hybridized carbons (Fsp3) is 0.276. The largest absolute Gasteiger partial charge is 0.454 e. The molecule has 0 unspecified atom stereocenters. The summed E-state index contributed by atoms with van der Waals surface area (Å²) < 4.78 is 74.6. The van der Waals surface area contributed by atoms with Crippen molar-refractivity contribution in [3.8, 4) is 11.5 Å². The SMILES string of the molecule is BCc1cc(CB)c(OC(=O)c2cc(C(=O)OCC(F)(F)S(=O)(=O)O)cc(C(=O)Oc3c(CB)cc(CB)cc3CB)c2)c(CB)c1. The van der Waals surface area contributed by atoms with Gasteiger partial charge in [-0.25, -0.2) is 14.4 Å². The van der Waals surface area contributed by atoms with E-state index in [0.717, 1.165) is 64.2 Å². The van der Waals surface area contributed by atoms with Crippen molar-refractivity contribution in [2.45, 2.75) is 43.2 Å². The first-order chi connectivity index (χ1) is 22.1. The highest BCUT2D eigenvalue weighted by atomic mass is 32.2. The summed E-state index contributed by atoms with van der Waals surface area (Å²) in [6.07, 6.45) is 3.72. The van der Waals surface area contributed by atoms with Gasteiger partial charge in [0.1, 0.15) is 58.6 Å². The Kier molecular flexibility index (Phi) is 12.7. The molecule has 3 aromatic carbocycles. The maximum atomic E-state index is 13.8. The van der Waals surface area contributed by atoms with Crippen molar-refractivity contribution in [2.24, 2.45) is 0 Å². The molecule has 0 bridgehead atoms. The molecule has 18 heteroatoms. The normalized spacial score (nSPS) is 11.6. The lowest BCUT2D eigenvalue weighted by atomic mass is 9.85. The minimum atomic E-state index is -5.89. The quantitative estimate of drug-likeness (QED) is 0.0956. The molecule has 0 spiro atoms. The molecule has 0 radical (unpaired) electrons. The van der Waals surface area contributed by atoms with Crippen LogP contribution in [0.4, 0.5) is 8.78 Å². The standard InChI is InChI=1S/C29H34B6F2O9S/c30-8-15-1-20(10-32)24(21(2-15)11-33)45-27(39)18-5-17(26(38)44-14-29(36,37)47(41,42)43)6-19(7-18)28(40)46-25-22(12-34)3-16(9-31)4-23(25)13-35/h1-7H,8-14,30-35H2,(H,41,42,43). The van der Waals surface area contributed by atoms with E-state index in [-0.39, 0.29) is 11.1 Å². The number of hydrogen-bond donors (Lipinski definition) is 1. The van der Waals surface area contributed by atoms with Gasteiger partial charge >= 0.3 is 33.3 Å². The van der Waals surface area contributed by atoms with Crippen LogP contribution >= 0.6 is 0 Å². The zero-order chi connectivity index (χ0) is 35.1. The summed E-state index contributed by atoms with van der Waals surface area (Å²) in [5.41, 5.74) is 4.09. The predicted molar refractivity (Wildman–Crippen MR) is 190 cm³/mol. The van der Waals surface area contributed by atoms with E-state index in [1.54, 1.807) is 0 Å². The van der Waals surface area contributed by atoms with E-state index in [9.17, 15) is 31.6 Å². The second-order valence-electron chi connectivity index (χ2n) is 10.9. The first kappa shape index (κ1) is 37.7. The van der Waals surface area contributed by atoms with Crippen LogP contribution in [0.5, 0.6) is 11.5 Å². The lowest BCUT2D eigenvalue weighted by Gasteiger charge is -2.17. The molecular weight excluding hydrogens is 627 g/mol. The average Bonchev–Trinajstić information content (AvgIpc) is 3.06. The van der Waals surface area contributed by atoms with Gasteiger partial charge in [-0.3, -0.25) is 4.55 Å². The smallest absolute Gasteiger partial charge is 0.402 e. The molecule has 0 fully saturated rings. The van der Waals surface area contributed by atoms with Crippen LogP contribution in [0.3, 0.4) is 0 Å². The van der Waals surface area contributed by atoms with Crippen LogP contribution < -0.4 is 9.47 Å². The Hall–Kier alpha value is -3.77. The van der Waals surface area contributed by atoms with E-state index in [0.29, 0.717) is 36.8 Å². The molecule has 242 valence electrons. The van der Waals surface area contributed by atoms with Crippen LogP contribution in [0.15, 0.2) is 42.5 Å². The van der Waals surface area contributed by atoms with Gasteiger partial charge in [0.15, 0.2) is 6.61 Å². The van der Waals surface area contributed by atoms with Crippen LogP contribution in [-0.4, -0.2) is 89.8 Å². The maximum Gasteiger partial charge on any atom is 0.402 e. The van der Waals surface area contributed by atoms with Crippen LogP contribution in [0.2, 0.25) is 0 Å². The third kappa shape index (κ3) is 8.98. The van der Waals surface area contributed by atoms with E-state index in [4.69, 9.17) is 14.0 Å². The summed E-state index contributed by atoms with van der Waals surface area (Å²) in [6.45, 7) is -2.01. The fourth-order valence-electron chi connectivity index (χ4n) is 4.97. The molecule has 3 rings (SSSR count). The van der Waals surface area contributed by atoms with Crippen LogP contribution in [0, 0.1) is 0 Å². The van der Waals surface area contributed by atoms with Gasteiger partial charge < -0.3 is 14.2 Å². The Bertz CT molecular complexity index is 1640. The van der Waals surface area contributed by atoms with Crippen molar-refractivity contribution in [1.82, 2.24) is 0 Å². The lowest BCUT2D eigenvalue weighted by Crippen LogP contribution is -2.34. The van der Waals surface area contributed by atoms with Crippen LogP contribution in [0.25, 0.3) is 0 Å². The monoisotopic (exact) mass is 662 g/mol. The molecule has 0 saturated heterocycles. The number of alkyl halides is 2. The third-order valence-electron chi connectivity index (χ3n) is 7.72. The van der Waals surface area contributed by atoms with Crippen molar-refractivity contribution in [1.29, 1.82) is 0 Å². The minimum Gasteiger partial charge on any atom is -0.454 e. The highest BCUT2D eigenvalue weighted by molar-refractivity contribution is 7.86. The van der Waals surface area contributed by atoms with Gasteiger partial charge in [0, 0.05) is 0 Å². The summed E-state index contributed by atoms with van der Waals surface area (Å²) in [6, 6.07) is 10.8. The van der Waals surface area contributed by atoms with Gasteiger partial charge in [-0.05, 0) is 40.5 Å². The Labute approximate surface area is 278 Å². The second-order valence-corrected chi connectivity index (χ2v) is 12.4. The van der Waals surface area contributed by atoms with Gasteiger partial charge in [0.2, 0.25) is 0 Å². The Morgan fingerprint density at radius 2 is 0.915 bits per heavy atom. The van der Waals surface area contributed by atoms with E-state index in [2.05, 4.69) is 4.74 Å². The Balaban J connectivity index is 2.10. The van der Waals surface area contributed by atoms with Crippen LogP contribution in [-0.2, 0) is 52.8 Å². The molecule has 47 heavy (non-hydrogen) atoms. The molecule has 9 nitrogen and oxygen atoms in total. The van der Waals surface area contributed by atoms with Gasteiger partial charge in [0.25, 0.3) is 0 Å². The molecule has 3 aromatic rings. The number of rotatable bonds is 14. The molecule has 0 aliphatic heterocycles. The molecule has 0 amide bonds. The molecule has 0 aromatic heterocycles. The summed E-state index contributed by atoms with van der Waals surface area (Å²) in [5.74, 6) is -2.71. The highest BCUT2D eigenvalue weighted by Crippen LogP contribution is 2.30. The van der Waals surface area contributed by atoms with E-state index in [1.807, 2.05) is 71.3 Å². The molecule has 0 aliphatic carbocycles. The molecule has 0 heterocycles. The zero-order valence-electron chi connectivity index (χ0n) is 27.4. The van der Waals surface area contributed by atoms with Gasteiger partial charge in [-0.15, -0.1) is 0 Å². The highest BCUT2D eigenvalue weighted by Gasteiger charge is 2.45. The molecule has 0 atom stereocenters. The third-order valence-corrected chi connectivity index (χ3v) is 8.60. The van der Waals surface area contributed by atoms with Crippen molar-refractivity contribution in [2.75, 3.05) is 6.61 Å². The lowest BCUT2D eigenvalue weighted by molar-refractivity contribution is -0.00951. The van der Waals surface area contributed by atoms with E-state index < -0.39 is 45.5 Å². The van der Waals surface area contributed by atoms with Crippen LogP contribution in [0.1, 0.15) is 64.5 Å². The van der Waals surface area contributed by atoms with Crippen molar-refractivity contribution in [3.63, 3.8) is 0 Å². The Morgan fingerprint density at radius 3 is 1.19 bits per heavy atom. The molecule has 0 saturated carbocycles. The fourth-order valence-corrected chi connectivity index (χ4v) is 5.17. The maximum absolute atomic E-state index is 13.8. The topological polar surface area (TPSA) is 133 Å². The summed E-state index contributed by atoms with van der Waals surface area (Å²) >= 11 is 0. The zero-order valence-corrected chi connectivity index (χ0v) is 28.2. The Morgan fingerprint density at radius 1 is 0.596 bits per heavy atom. The first-order valence-electron chi connectivity index (χ1n) is 15.5. The van der Waals surface area contributed by atoms with Gasteiger partial charge in [-0.2, -0.15) is 17.2 Å². The summed E-state index contributed by atoms with van der Waals surface area (Å²) in [5, 5.41) is -4.80. The number of halogens is 2. The van der Waals surface area contributed by atoms with Crippen molar-refractivity contribution < 1.29 is 50.3 Å². The molecular formula is C29H34B6F2O9S. The number of hydrogen-bond acceptors (Lipinski definition) is 8. The number of carbonyl (C=O) groups is 3. The van der Waals surface area contributed by atoms with Gasteiger partial charge in [-0.1, -0.05) is 73.3 Å². The predicted octanol–water partition coefficient (Wildman–Crippen LogP) is -1.44. The molecule has 0 aliphatic rings. The number of carbonyl (C=O) groups excluding carboxylic acids is 3. The molecule has 1 N–H and O–H groups in total. The van der Waals surface area contributed by atoms with E-state index >= 15 is 0 Å². The van der Waals surface area contributed by atoms with E-state index in [1.165, 1.54) is 0 Å². The van der Waals surface area contributed by atoms with Crippen molar-refractivity contribution >= 4 is 75.1 Å². The number of benzene rings is 3. The average molecular weight is 662 g/mol. The van der Waals surface area contributed by atoms with Crippen molar-refractivity contribution in [3.05, 3.63) is 92.5 Å². The minimum absolute atomic E-state index is 0.288. The second kappa shape index (κ2) is 15.9. The van der Waals surface area contributed by atoms with Gasteiger partial charge in [0.05, 0.1) is 16.7 Å². The summed E-state index contributed by atoms with van der Waals surface area (Å²) in [7, 11) is 5.73. The number of esters is 3. The summed E-state index contributed by atoms with van der Waals surface area (Å²) in [4.78, 5) is 40.0.